The van der Waals surface area contributed by atoms with Gasteiger partial charge < -0.3 is 10.0 Å². The van der Waals surface area contributed by atoms with Crippen LogP contribution >= 0.6 is 11.6 Å². The quantitative estimate of drug-likeness (QED) is 0.357. The molecule has 6 nitrogen and oxygen atoms in total. The van der Waals surface area contributed by atoms with Crippen molar-refractivity contribution in [1.29, 1.82) is 0 Å². The molecule has 1 rings (SSSR count). The molecule has 0 aliphatic rings. The average molecular weight is 274 g/mol. The summed E-state index contributed by atoms with van der Waals surface area (Å²) in [6, 6.07) is 2.76. The Morgan fingerprint density at radius 3 is 2.78 bits per heavy atom. The lowest BCUT2D eigenvalue weighted by Gasteiger charge is -2.17. The number of rotatable bonds is 7. The van der Waals surface area contributed by atoms with Crippen LogP contribution in [-0.4, -0.2) is 35.2 Å². The molecule has 0 saturated carbocycles. The molecular formula is C11H16ClN3O3. The lowest BCUT2D eigenvalue weighted by molar-refractivity contribution is -0.384. The third kappa shape index (κ3) is 4.12. The maximum Gasteiger partial charge on any atom is 0.311 e. The molecule has 18 heavy (non-hydrogen) atoms. The fourth-order valence-corrected chi connectivity index (χ4v) is 1.73. The molecule has 0 radical (unpaired) electrons. The van der Waals surface area contributed by atoms with Crippen LogP contribution in [0, 0.1) is 10.1 Å². The Hall–Kier alpha value is -1.40. The number of aliphatic hydroxyl groups is 1. The molecule has 0 unspecified atom stereocenters. The van der Waals surface area contributed by atoms with Gasteiger partial charge in [0.15, 0.2) is 0 Å². The van der Waals surface area contributed by atoms with Gasteiger partial charge in [-0.25, -0.2) is 4.98 Å². The molecule has 0 amide bonds. The average Bonchev–Trinajstić information content (AvgIpc) is 2.34. The molecular weight excluding hydrogens is 258 g/mol. The number of nitrogens with zero attached hydrogens (tertiary/aromatic N) is 3. The molecule has 0 spiro atoms. The van der Waals surface area contributed by atoms with Crippen LogP contribution in [0.25, 0.3) is 0 Å². The summed E-state index contributed by atoms with van der Waals surface area (Å²) in [6.07, 6.45) is 2.44. The first-order chi connectivity index (χ1) is 8.56. The Kier molecular flexibility index (Phi) is 5.80. The highest BCUT2D eigenvalue weighted by Crippen LogP contribution is 2.26. The van der Waals surface area contributed by atoms with Crippen LogP contribution in [0.15, 0.2) is 12.1 Å². The fraction of sp³-hybridized carbons (Fsp3) is 0.545. The first-order valence-corrected chi connectivity index (χ1v) is 6.07. The highest BCUT2D eigenvalue weighted by Gasteiger charge is 2.18. The summed E-state index contributed by atoms with van der Waals surface area (Å²) in [5.41, 5.74) is -0.0518. The number of anilines is 1. The van der Waals surface area contributed by atoms with Gasteiger partial charge in [-0.05, 0) is 25.3 Å². The second-order valence-corrected chi connectivity index (χ2v) is 4.33. The van der Waals surface area contributed by atoms with E-state index in [1.807, 2.05) is 0 Å². The molecule has 0 aliphatic carbocycles. The Morgan fingerprint density at radius 2 is 2.17 bits per heavy atom. The normalized spacial score (nSPS) is 10.4. The van der Waals surface area contributed by atoms with Gasteiger partial charge in [0.25, 0.3) is 0 Å². The second kappa shape index (κ2) is 7.13. The molecule has 0 bridgehead atoms. The Labute approximate surface area is 110 Å². The maximum atomic E-state index is 10.9. The van der Waals surface area contributed by atoms with E-state index in [4.69, 9.17) is 16.7 Å². The van der Waals surface area contributed by atoms with Crippen molar-refractivity contribution in [3.8, 4) is 0 Å². The SMILES string of the molecule is CN(CCCCCO)c1nc(Cl)ccc1[N+](=O)[O-]. The van der Waals surface area contributed by atoms with Crippen LogP contribution in [0.1, 0.15) is 19.3 Å². The van der Waals surface area contributed by atoms with E-state index in [9.17, 15) is 10.1 Å². The third-order valence-electron chi connectivity index (χ3n) is 2.53. The number of unbranched alkanes of at least 4 members (excludes halogenated alkanes) is 2. The van der Waals surface area contributed by atoms with Crippen molar-refractivity contribution in [3.05, 3.63) is 27.4 Å². The van der Waals surface area contributed by atoms with E-state index in [-0.39, 0.29) is 23.3 Å². The van der Waals surface area contributed by atoms with Crippen LogP contribution in [-0.2, 0) is 0 Å². The third-order valence-corrected chi connectivity index (χ3v) is 2.74. The molecule has 100 valence electrons. The summed E-state index contributed by atoms with van der Waals surface area (Å²) in [4.78, 5) is 16.1. The largest absolute Gasteiger partial charge is 0.396 e. The monoisotopic (exact) mass is 273 g/mol. The molecule has 1 N–H and O–H groups in total. The number of hydrogen-bond donors (Lipinski definition) is 1. The van der Waals surface area contributed by atoms with E-state index in [0.29, 0.717) is 6.54 Å². The number of aromatic nitrogens is 1. The minimum atomic E-state index is -0.469. The molecule has 0 fully saturated rings. The summed E-state index contributed by atoms with van der Waals surface area (Å²) < 4.78 is 0. The zero-order chi connectivity index (χ0) is 13.5. The number of nitro groups is 1. The van der Waals surface area contributed by atoms with Crippen molar-refractivity contribution in [3.63, 3.8) is 0 Å². The molecule has 0 aromatic carbocycles. The summed E-state index contributed by atoms with van der Waals surface area (Å²) >= 11 is 5.76. The molecule has 1 aromatic rings. The Bertz CT molecular complexity index is 415. The molecule has 0 atom stereocenters. The summed E-state index contributed by atoms with van der Waals surface area (Å²) in [5, 5.41) is 19.8. The molecule has 0 saturated heterocycles. The molecule has 0 aliphatic heterocycles. The van der Waals surface area contributed by atoms with Crippen LogP contribution < -0.4 is 4.90 Å². The van der Waals surface area contributed by atoms with Gasteiger partial charge in [0.1, 0.15) is 5.15 Å². The van der Waals surface area contributed by atoms with Crippen molar-refractivity contribution >= 4 is 23.1 Å². The fourth-order valence-electron chi connectivity index (χ4n) is 1.58. The van der Waals surface area contributed by atoms with Crippen LogP contribution in [0.2, 0.25) is 5.15 Å². The van der Waals surface area contributed by atoms with E-state index in [1.54, 1.807) is 11.9 Å². The van der Waals surface area contributed by atoms with E-state index < -0.39 is 4.92 Å². The van der Waals surface area contributed by atoms with Crippen molar-refractivity contribution in [2.45, 2.75) is 19.3 Å². The molecule has 1 heterocycles. The summed E-state index contributed by atoms with van der Waals surface area (Å²) in [5.74, 6) is 0.275. The minimum absolute atomic E-state index is 0.0518. The maximum absolute atomic E-state index is 10.9. The van der Waals surface area contributed by atoms with Crippen LogP contribution in [0.3, 0.4) is 0 Å². The van der Waals surface area contributed by atoms with E-state index in [1.165, 1.54) is 12.1 Å². The topological polar surface area (TPSA) is 79.5 Å². The first-order valence-electron chi connectivity index (χ1n) is 5.69. The summed E-state index contributed by atoms with van der Waals surface area (Å²) in [7, 11) is 1.74. The van der Waals surface area contributed by atoms with Gasteiger partial charge in [-0.1, -0.05) is 11.6 Å². The lowest BCUT2D eigenvalue weighted by Crippen LogP contribution is -2.21. The van der Waals surface area contributed by atoms with Gasteiger partial charge in [-0.3, -0.25) is 10.1 Å². The predicted molar refractivity (Wildman–Crippen MR) is 70.1 cm³/mol. The van der Waals surface area contributed by atoms with Gasteiger partial charge in [-0.2, -0.15) is 0 Å². The van der Waals surface area contributed by atoms with Gasteiger partial charge in [-0.15, -0.1) is 0 Å². The van der Waals surface area contributed by atoms with Crippen molar-refractivity contribution in [2.75, 3.05) is 25.1 Å². The standard InChI is InChI=1S/C11H16ClN3O3/c1-14(7-3-2-4-8-16)11-9(15(17)18)5-6-10(12)13-11/h5-6,16H,2-4,7-8H2,1H3. The van der Waals surface area contributed by atoms with E-state index in [0.717, 1.165) is 19.3 Å². The molecule has 7 heteroatoms. The highest BCUT2D eigenvalue weighted by atomic mass is 35.5. The van der Waals surface area contributed by atoms with Gasteiger partial charge in [0, 0.05) is 26.3 Å². The number of hydrogen-bond acceptors (Lipinski definition) is 5. The van der Waals surface area contributed by atoms with Gasteiger partial charge >= 0.3 is 5.69 Å². The zero-order valence-electron chi connectivity index (χ0n) is 10.2. The van der Waals surface area contributed by atoms with E-state index in [2.05, 4.69) is 4.98 Å². The molecule has 1 aromatic heterocycles. The Balaban J connectivity index is 2.74. The van der Waals surface area contributed by atoms with Crippen molar-refractivity contribution in [2.24, 2.45) is 0 Å². The number of pyridine rings is 1. The smallest absolute Gasteiger partial charge is 0.311 e. The lowest BCUT2D eigenvalue weighted by atomic mass is 10.2. The van der Waals surface area contributed by atoms with Crippen LogP contribution in [0.4, 0.5) is 11.5 Å². The van der Waals surface area contributed by atoms with Crippen molar-refractivity contribution in [1.82, 2.24) is 4.98 Å². The predicted octanol–water partition coefficient (Wildman–Crippen LogP) is 2.24. The van der Waals surface area contributed by atoms with Gasteiger partial charge in [0.05, 0.1) is 4.92 Å². The second-order valence-electron chi connectivity index (χ2n) is 3.94. The number of aliphatic hydroxyl groups excluding tert-OH is 1. The minimum Gasteiger partial charge on any atom is -0.396 e. The van der Waals surface area contributed by atoms with Gasteiger partial charge in [0.2, 0.25) is 5.82 Å². The first kappa shape index (κ1) is 14.7. The number of halogens is 1. The Morgan fingerprint density at radius 1 is 1.44 bits per heavy atom. The van der Waals surface area contributed by atoms with E-state index >= 15 is 0 Å². The highest BCUT2D eigenvalue weighted by molar-refractivity contribution is 6.29. The van der Waals surface area contributed by atoms with Crippen molar-refractivity contribution < 1.29 is 10.0 Å². The van der Waals surface area contributed by atoms with Crippen LogP contribution in [0.5, 0.6) is 0 Å². The summed E-state index contributed by atoms with van der Waals surface area (Å²) in [6.45, 7) is 0.799. The zero-order valence-corrected chi connectivity index (χ0v) is 10.9.